The minimum absolute atomic E-state index is 0.340. The lowest BCUT2D eigenvalue weighted by molar-refractivity contribution is 0.0602. The van der Waals surface area contributed by atoms with Crippen LogP contribution in [0.25, 0.3) is 33.2 Å². The molecule has 0 unspecified atom stereocenters. The summed E-state index contributed by atoms with van der Waals surface area (Å²) in [4.78, 5) is 13.2. The smallest absolute Gasteiger partial charge is 0.340 e. The van der Waals surface area contributed by atoms with E-state index in [4.69, 9.17) is 14.2 Å². The van der Waals surface area contributed by atoms with Gasteiger partial charge in [0.2, 0.25) is 0 Å². The van der Waals surface area contributed by atoms with Gasteiger partial charge in [-0.05, 0) is 41.8 Å². The average Bonchev–Trinajstić information content (AvgIpc) is 3.14. The highest BCUT2D eigenvalue weighted by molar-refractivity contribution is 6.09. The Kier molecular flexibility index (Phi) is 4.89. The molecule has 4 aromatic rings. The van der Waals surface area contributed by atoms with Crippen molar-refractivity contribution >= 4 is 16.7 Å². The van der Waals surface area contributed by atoms with Crippen LogP contribution in [0.1, 0.15) is 21.6 Å². The van der Waals surface area contributed by atoms with Crippen molar-refractivity contribution in [2.24, 2.45) is 0 Å². The maximum absolute atomic E-state index is 13.2. The predicted octanol–water partition coefficient (Wildman–Crippen LogP) is 5.64. The van der Waals surface area contributed by atoms with Gasteiger partial charge in [-0.15, -0.1) is 0 Å². The van der Waals surface area contributed by atoms with Gasteiger partial charge in [-0.25, -0.2) is 4.79 Å². The van der Waals surface area contributed by atoms with Crippen molar-refractivity contribution < 1.29 is 19.0 Å². The van der Waals surface area contributed by atoms with Crippen LogP contribution >= 0.6 is 0 Å². The molecule has 0 atom stereocenters. The van der Waals surface area contributed by atoms with Crippen molar-refractivity contribution in [2.45, 2.75) is 19.9 Å². The zero-order valence-electron chi connectivity index (χ0n) is 18.7. The fourth-order valence-electron chi connectivity index (χ4n) is 5.05. The highest BCUT2D eigenvalue weighted by atomic mass is 16.5. The van der Waals surface area contributed by atoms with E-state index in [0.717, 1.165) is 63.1 Å². The number of benzene rings is 3. The van der Waals surface area contributed by atoms with Crippen LogP contribution in [0.2, 0.25) is 0 Å². The highest BCUT2D eigenvalue weighted by Crippen LogP contribution is 2.47. The quantitative estimate of drug-likeness (QED) is 0.395. The molecular formula is C27H25NO4. The highest BCUT2D eigenvalue weighted by Gasteiger charge is 2.33. The summed E-state index contributed by atoms with van der Waals surface area (Å²) in [6.45, 7) is 2.82. The molecule has 1 aromatic heterocycles. The van der Waals surface area contributed by atoms with E-state index in [1.165, 1.54) is 7.11 Å². The summed E-state index contributed by atoms with van der Waals surface area (Å²) < 4.78 is 18.7. The van der Waals surface area contributed by atoms with Crippen molar-refractivity contribution in [1.82, 2.24) is 4.57 Å². The van der Waals surface area contributed by atoms with Crippen LogP contribution in [0.15, 0.2) is 54.6 Å². The standard InChI is InChI=1S/C27H25NO4/c1-16-23(19-11-7-9-17-8-5-6-10-18(17)19)24(27(29)32-4)25-20-12-13-22(30-2)26(31-3)21(20)14-15-28(16)25/h5-13H,14-15H2,1-4H3. The van der Waals surface area contributed by atoms with Crippen molar-refractivity contribution in [3.05, 3.63) is 71.4 Å². The molecule has 1 aliphatic rings. The molecule has 0 saturated carbocycles. The minimum Gasteiger partial charge on any atom is -0.493 e. The van der Waals surface area contributed by atoms with E-state index >= 15 is 0 Å². The number of aromatic nitrogens is 1. The third kappa shape index (κ3) is 2.81. The zero-order valence-corrected chi connectivity index (χ0v) is 18.7. The Hall–Kier alpha value is -3.73. The van der Waals surface area contributed by atoms with Gasteiger partial charge in [-0.2, -0.15) is 0 Å². The molecule has 5 rings (SSSR count). The Bertz CT molecular complexity index is 1360. The second-order valence-corrected chi connectivity index (χ2v) is 7.93. The summed E-state index contributed by atoms with van der Waals surface area (Å²) >= 11 is 0. The predicted molar refractivity (Wildman–Crippen MR) is 126 cm³/mol. The first-order chi connectivity index (χ1) is 15.6. The number of hydrogen-bond acceptors (Lipinski definition) is 4. The van der Waals surface area contributed by atoms with E-state index in [1.54, 1.807) is 14.2 Å². The summed E-state index contributed by atoms with van der Waals surface area (Å²) in [6, 6.07) is 18.4. The van der Waals surface area contributed by atoms with Gasteiger partial charge in [-0.3, -0.25) is 0 Å². The number of methoxy groups -OCH3 is 3. The van der Waals surface area contributed by atoms with Gasteiger partial charge >= 0.3 is 5.97 Å². The Morgan fingerprint density at radius 3 is 2.44 bits per heavy atom. The van der Waals surface area contributed by atoms with E-state index < -0.39 is 0 Å². The van der Waals surface area contributed by atoms with Gasteiger partial charge < -0.3 is 18.8 Å². The first kappa shape index (κ1) is 20.2. The van der Waals surface area contributed by atoms with Crippen molar-refractivity contribution in [1.29, 1.82) is 0 Å². The maximum Gasteiger partial charge on any atom is 0.340 e. The molecule has 5 nitrogen and oxygen atoms in total. The van der Waals surface area contributed by atoms with Crippen molar-refractivity contribution in [2.75, 3.05) is 21.3 Å². The molecule has 0 N–H and O–H groups in total. The normalized spacial score (nSPS) is 12.2. The molecule has 162 valence electrons. The summed E-state index contributed by atoms with van der Waals surface area (Å²) in [5, 5.41) is 2.25. The topological polar surface area (TPSA) is 49.7 Å². The molecule has 32 heavy (non-hydrogen) atoms. The number of carbonyl (C=O) groups is 1. The third-order valence-electron chi connectivity index (χ3n) is 6.46. The number of esters is 1. The number of nitrogens with zero attached hydrogens (tertiary/aromatic N) is 1. The van der Waals surface area contributed by atoms with Crippen LogP contribution < -0.4 is 9.47 Å². The fraction of sp³-hybridized carbons (Fsp3) is 0.222. The summed E-state index contributed by atoms with van der Waals surface area (Å²) in [6.07, 6.45) is 0.786. The Morgan fingerprint density at radius 1 is 0.906 bits per heavy atom. The Labute approximate surface area is 187 Å². The molecule has 0 radical (unpaired) electrons. The van der Waals surface area contributed by atoms with Crippen molar-refractivity contribution in [3.63, 3.8) is 0 Å². The maximum atomic E-state index is 13.2. The van der Waals surface area contributed by atoms with E-state index in [0.29, 0.717) is 11.3 Å². The van der Waals surface area contributed by atoms with Gasteiger partial charge in [0.05, 0.1) is 32.6 Å². The first-order valence-corrected chi connectivity index (χ1v) is 10.6. The molecule has 0 aliphatic carbocycles. The lowest BCUT2D eigenvalue weighted by Gasteiger charge is -2.24. The monoisotopic (exact) mass is 427 g/mol. The molecule has 0 amide bonds. The van der Waals surface area contributed by atoms with E-state index in [2.05, 4.69) is 35.8 Å². The van der Waals surface area contributed by atoms with Gasteiger partial charge in [0.15, 0.2) is 11.5 Å². The zero-order chi connectivity index (χ0) is 22.4. The summed E-state index contributed by atoms with van der Waals surface area (Å²) in [5.41, 5.74) is 6.50. The van der Waals surface area contributed by atoms with Crippen LogP contribution in [-0.4, -0.2) is 31.9 Å². The van der Waals surface area contributed by atoms with E-state index in [-0.39, 0.29) is 5.97 Å². The fourth-order valence-corrected chi connectivity index (χ4v) is 5.05. The molecule has 1 aliphatic heterocycles. The Morgan fingerprint density at radius 2 is 1.69 bits per heavy atom. The van der Waals surface area contributed by atoms with Crippen LogP contribution in [0.3, 0.4) is 0 Å². The van der Waals surface area contributed by atoms with Gasteiger partial charge in [0, 0.05) is 28.9 Å². The average molecular weight is 428 g/mol. The number of carbonyl (C=O) groups excluding carboxylic acids is 1. The number of rotatable bonds is 4. The van der Waals surface area contributed by atoms with E-state index in [1.807, 2.05) is 30.3 Å². The van der Waals surface area contributed by atoms with Crippen LogP contribution in [0, 0.1) is 6.92 Å². The lowest BCUT2D eigenvalue weighted by Crippen LogP contribution is -2.15. The number of fused-ring (bicyclic) bond motifs is 4. The second kappa shape index (κ2) is 7.75. The summed E-state index contributed by atoms with van der Waals surface area (Å²) in [5.74, 6) is 1.07. The van der Waals surface area contributed by atoms with Crippen LogP contribution in [-0.2, 0) is 17.7 Å². The molecule has 5 heteroatoms. The SMILES string of the molecule is COC(=O)c1c(-c2cccc3ccccc23)c(C)n2c1-c1ccc(OC)c(OC)c1CC2. The molecule has 0 spiro atoms. The van der Waals surface area contributed by atoms with Gasteiger partial charge in [0.1, 0.15) is 0 Å². The van der Waals surface area contributed by atoms with Crippen molar-refractivity contribution in [3.8, 4) is 33.9 Å². The largest absolute Gasteiger partial charge is 0.493 e. The first-order valence-electron chi connectivity index (χ1n) is 10.6. The van der Waals surface area contributed by atoms with Crippen LogP contribution in [0.5, 0.6) is 11.5 Å². The molecule has 2 heterocycles. The molecular weight excluding hydrogens is 402 g/mol. The number of ether oxygens (including phenoxy) is 3. The minimum atomic E-state index is -0.340. The van der Waals surface area contributed by atoms with Gasteiger partial charge in [0.25, 0.3) is 0 Å². The summed E-state index contributed by atoms with van der Waals surface area (Å²) in [7, 11) is 4.73. The lowest BCUT2D eigenvalue weighted by atomic mass is 9.91. The second-order valence-electron chi connectivity index (χ2n) is 7.93. The van der Waals surface area contributed by atoms with Gasteiger partial charge in [-0.1, -0.05) is 42.5 Å². The molecule has 0 fully saturated rings. The third-order valence-corrected chi connectivity index (χ3v) is 6.46. The molecule has 0 saturated heterocycles. The number of hydrogen-bond donors (Lipinski definition) is 0. The Balaban J connectivity index is 1.87. The van der Waals surface area contributed by atoms with Crippen LogP contribution in [0.4, 0.5) is 0 Å². The molecule has 3 aromatic carbocycles. The van der Waals surface area contributed by atoms with E-state index in [9.17, 15) is 4.79 Å². The molecule has 0 bridgehead atoms.